The third kappa shape index (κ3) is 3.61. The molecule has 4 aromatic heterocycles. The van der Waals surface area contributed by atoms with Gasteiger partial charge in [0, 0.05) is 35.6 Å². The molecule has 0 atom stereocenters. The fraction of sp³-hybridized carbons (Fsp3) is 0.217. The average Bonchev–Trinajstić information content (AvgIpc) is 3.33. The second-order valence-corrected chi connectivity index (χ2v) is 8.07. The highest BCUT2D eigenvalue weighted by molar-refractivity contribution is 6.30. The van der Waals surface area contributed by atoms with Crippen molar-refractivity contribution in [1.29, 1.82) is 0 Å². The van der Waals surface area contributed by atoms with E-state index in [0.717, 1.165) is 44.8 Å². The molecule has 0 aliphatic rings. The highest BCUT2D eigenvalue weighted by Gasteiger charge is 2.15. The summed E-state index contributed by atoms with van der Waals surface area (Å²) in [4.78, 5) is 21.7. The first kappa shape index (κ1) is 19.5. The van der Waals surface area contributed by atoms with Crippen molar-refractivity contribution < 1.29 is 4.79 Å². The van der Waals surface area contributed by atoms with Crippen molar-refractivity contribution >= 4 is 39.7 Å². The first-order valence-electron chi connectivity index (χ1n) is 10.1. The van der Waals surface area contributed by atoms with Crippen molar-refractivity contribution in [2.45, 2.75) is 33.2 Å². The number of carbonyl (C=O) groups excluding carboxylic acids is 1. The molecule has 0 fully saturated rings. The first-order valence-corrected chi connectivity index (χ1v) is 10.5. The van der Waals surface area contributed by atoms with E-state index in [9.17, 15) is 4.79 Å². The van der Waals surface area contributed by atoms with E-state index >= 15 is 0 Å². The molecular weight excluding hydrogens is 412 g/mol. The maximum atomic E-state index is 12.5. The number of aromatic nitrogens is 5. The molecule has 8 heteroatoms. The van der Waals surface area contributed by atoms with Crippen molar-refractivity contribution in [1.82, 2.24) is 29.3 Å². The molecule has 0 aliphatic heterocycles. The Hall–Kier alpha value is -3.45. The lowest BCUT2D eigenvalue weighted by molar-refractivity contribution is -0.121. The Kier molecular flexibility index (Phi) is 4.82. The summed E-state index contributed by atoms with van der Waals surface area (Å²) in [5, 5.41) is 9.31. The van der Waals surface area contributed by atoms with Gasteiger partial charge in [-0.05, 0) is 50.1 Å². The number of benzene rings is 1. The van der Waals surface area contributed by atoms with E-state index in [0.29, 0.717) is 24.4 Å². The number of nitrogens with one attached hydrogen (secondary N) is 1. The molecule has 0 radical (unpaired) electrons. The first-order chi connectivity index (χ1) is 15.0. The monoisotopic (exact) mass is 432 g/mol. The number of fused-ring (bicyclic) bond motifs is 4. The van der Waals surface area contributed by atoms with Gasteiger partial charge in [0.2, 0.25) is 5.91 Å². The molecule has 156 valence electrons. The maximum absolute atomic E-state index is 12.5. The van der Waals surface area contributed by atoms with Crippen LogP contribution in [0, 0.1) is 13.8 Å². The zero-order valence-corrected chi connectivity index (χ0v) is 18.0. The third-order valence-electron chi connectivity index (χ3n) is 5.55. The molecule has 0 unspecified atom stereocenters. The van der Waals surface area contributed by atoms with E-state index in [2.05, 4.69) is 15.4 Å². The van der Waals surface area contributed by atoms with Gasteiger partial charge in [-0.15, -0.1) is 0 Å². The second-order valence-electron chi connectivity index (χ2n) is 7.64. The van der Waals surface area contributed by atoms with Crippen LogP contribution in [0.25, 0.3) is 22.2 Å². The molecule has 0 spiro atoms. The van der Waals surface area contributed by atoms with Crippen molar-refractivity contribution in [3.8, 4) is 0 Å². The molecule has 0 aliphatic carbocycles. The van der Waals surface area contributed by atoms with Crippen LogP contribution in [0.2, 0.25) is 5.02 Å². The van der Waals surface area contributed by atoms with Gasteiger partial charge in [-0.3, -0.25) is 4.79 Å². The van der Waals surface area contributed by atoms with E-state index in [4.69, 9.17) is 16.6 Å². The Labute approximate surface area is 183 Å². The highest BCUT2D eigenvalue weighted by atomic mass is 35.5. The maximum Gasteiger partial charge on any atom is 0.220 e. The molecule has 5 rings (SSSR count). The zero-order valence-electron chi connectivity index (χ0n) is 17.3. The quantitative estimate of drug-likeness (QED) is 0.454. The van der Waals surface area contributed by atoms with Crippen LogP contribution in [0.15, 0.2) is 48.8 Å². The van der Waals surface area contributed by atoms with Crippen molar-refractivity contribution in [2.24, 2.45) is 0 Å². The number of pyridine rings is 1. The molecule has 1 aromatic carbocycles. The number of imidazole rings is 1. The summed E-state index contributed by atoms with van der Waals surface area (Å²) < 4.78 is 3.73. The molecule has 0 bridgehead atoms. The Bertz CT molecular complexity index is 1450. The van der Waals surface area contributed by atoms with E-state index in [1.807, 2.05) is 59.3 Å². The van der Waals surface area contributed by atoms with Crippen LogP contribution in [0.4, 0.5) is 0 Å². The van der Waals surface area contributed by atoms with Gasteiger partial charge in [-0.25, -0.2) is 14.5 Å². The Morgan fingerprint density at radius 2 is 1.94 bits per heavy atom. The van der Waals surface area contributed by atoms with Gasteiger partial charge >= 0.3 is 0 Å². The van der Waals surface area contributed by atoms with Crippen LogP contribution in [-0.2, 0) is 17.8 Å². The molecular formula is C23H21ClN6O. The molecule has 5 aromatic rings. The summed E-state index contributed by atoms with van der Waals surface area (Å²) in [5.74, 6) is -0.0281. The topological polar surface area (TPSA) is 76.6 Å². The summed E-state index contributed by atoms with van der Waals surface area (Å²) in [5.41, 5.74) is 6.36. The van der Waals surface area contributed by atoms with E-state index in [1.54, 1.807) is 12.3 Å². The molecule has 4 heterocycles. The third-order valence-corrected chi connectivity index (χ3v) is 5.78. The molecule has 31 heavy (non-hydrogen) atoms. The van der Waals surface area contributed by atoms with Gasteiger partial charge in [-0.1, -0.05) is 23.7 Å². The van der Waals surface area contributed by atoms with E-state index < -0.39 is 0 Å². The number of carbonyl (C=O) groups is 1. The molecule has 0 saturated carbocycles. The molecule has 1 N–H and O–H groups in total. The SMILES string of the molecule is Cc1nc2c3ccccc3nn2c(C)c1CCC(=O)NCc1cn2cc(Cl)ccc2n1. The number of amides is 1. The summed E-state index contributed by atoms with van der Waals surface area (Å²) in [6.45, 7) is 4.39. The number of nitrogens with zero attached hydrogens (tertiary/aromatic N) is 5. The van der Waals surface area contributed by atoms with Gasteiger partial charge < -0.3 is 9.72 Å². The minimum atomic E-state index is -0.0281. The van der Waals surface area contributed by atoms with Gasteiger partial charge in [0.05, 0.1) is 22.8 Å². The standard InChI is InChI=1S/C23H21ClN6O/c1-14-18(15(2)30-23(26-14)19-5-3-4-6-20(19)28-30)8-10-22(31)25-11-17-13-29-12-16(24)7-9-21(29)27-17/h3-7,9,12-13H,8,10-11H2,1-2H3,(H,25,31). The van der Waals surface area contributed by atoms with Crippen LogP contribution < -0.4 is 5.32 Å². The summed E-state index contributed by atoms with van der Waals surface area (Å²) in [6, 6.07) is 11.6. The average molecular weight is 433 g/mol. The van der Waals surface area contributed by atoms with Gasteiger partial charge in [0.15, 0.2) is 5.65 Å². The lowest BCUT2D eigenvalue weighted by Crippen LogP contribution is -2.23. The van der Waals surface area contributed by atoms with Crippen molar-refractivity contribution in [2.75, 3.05) is 0 Å². The number of aryl methyl sites for hydroxylation is 2. The predicted molar refractivity (Wildman–Crippen MR) is 120 cm³/mol. The fourth-order valence-corrected chi connectivity index (χ4v) is 4.12. The van der Waals surface area contributed by atoms with Crippen LogP contribution in [0.5, 0.6) is 0 Å². The van der Waals surface area contributed by atoms with Crippen LogP contribution in [0.3, 0.4) is 0 Å². The molecule has 1 amide bonds. The van der Waals surface area contributed by atoms with E-state index in [-0.39, 0.29) is 5.91 Å². The van der Waals surface area contributed by atoms with Crippen molar-refractivity contribution in [3.63, 3.8) is 0 Å². The summed E-state index contributed by atoms with van der Waals surface area (Å²) in [7, 11) is 0. The molecule has 7 nitrogen and oxygen atoms in total. The highest BCUT2D eigenvalue weighted by Crippen LogP contribution is 2.23. The largest absolute Gasteiger partial charge is 0.350 e. The van der Waals surface area contributed by atoms with Gasteiger partial charge in [0.25, 0.3) is 0 Å². The van der Waals surface area contributed by atoms with E-state index in [1.165, 1.54) is 0 Å². The predicted octanol–water partition coefficient (Wildman–Crippen LogP) is 4.05. The molecule has 0 saturated heterocycles. The van der Waals surface area contributed by atoms with Gasteiger partial charge in [0.1, 0.15) is 5.65 Å². The van der Waals surface area contributed by atoms with Crippen molar-refractivity contribution in [3.05, 3.63) is 76.5 Å². The Morgan fingerprint density at radius 1 is 1.10 bits per heavy atom. The normalized spacial score (nSPS) is 11.6. The number of hydrogen-bond donors (Lipinski definition) is 1. The zero-order chi connectivity index (χ0) is 21.5. The lowest BCUT2D eigenvalue weighted by atomic mass is 10.1. The summed E-state index contributed by atoms with van der Waals surface area (Å²) in [6.07, 6.45) is 4.64. The number of hydrogen-bond acceptors (Lipinski definition) is 4. The van der Waals surface area contributed by atoms with Crippen LogP contribution in [-0.4, -0.2) is 29.9 Å². The van der Waals surface area contributed by atoms with Crippen LogP contribution in [0.1, 0.15) is 29.1 Å². The lowest BCUT2D eigenvalue weighted by Gasteiger charge is -2.11. The van der Waals surface area contributed by atoms with Gasteiger partial charge in [-0.2, -0.15) is 5.10 Å². The summed E-state index contributed by atoms with van der Waals surface area (Å²) >= 11 is 6.01. The number of halogens is 1. The Balaban J connectivity index is 1.29. The smallest absolute Gasteiger partial charge is 0.220 e. The Morgan fingerprint density at radius 3 is 2.81 bits per heavy atom. The minimum absolute atomic E-state index is 0.0281. The fourth-order valence-electron chi connectivity index (χ4n) is 3.96. The minimum Gasteiger partial charge on any atom is -0.350 e. The van der Waals surface area contributed by atoms with Crippen LogP contribution >= 0.6 is 11.6 Å². The number of rotatable bonds is 5. The second kappa shape index (κ2) is 7.67.